The summed E-state index contributed by atoms with van der Waals surface area (Å²) in [5.41, 5.74) is 1.41. The van der Waals surface area contributed by atoms with E-state index >= 15 is 0 Å². The number of esters is 1. The molecule has 4 nitrogen and oxygen atoms in total. The smallest absolute Gasteiger partial charge is 0.356 e. The van der Waals surface area contributed by atoms with Gasteiger partial charge in [-0.1, -0.05) is 13.3 Å². The van der Waals surface area contributed by atoms with Crippen molar-refractivity contribution in [3.05, 3.63) is 17.5 Å². The molecule has 1 heterocycles. The number of carbonyl (C=O) groups is 1. The molecule has 0 aliphatic heterocycles. The van der Waals surface area contributed by atoms with E-state index in [1.165, 1.54) is 0 Å². The number of aryl methyl sites for hydroxylation is 2. The van der Waals surface area contributed by atoms with Crippen molar-refractivity contribution in [2.24, 2.45) is 0 Å². The molecule has 0 unspecified atom stereocenters. The second-order valence-electron chi connectivity index (χ2n) is 3.47. The number of hydrogen-bond acceptors (Lipinski definition) is 3. The van der Waals surface area contributed by atoms with Gasteiger partial charge in [0.15, 0.2) is 0 Å². The van der Waals surface area contributed by atoms with Crippen LogP contribution in [0.2, 0.25) is 0 Å². The largest absolute Gasteiger partial charge is 0.461 e. The van der Waals surface area contributed by atoms with Crippen molar-refractivity contribution >= 4 is 5.97 Å². The van der Waals surface area contributed by atoms with Gasteiger partial charge < -0.3 is 4.74 Å². The SMILES string of the molecule is CCCCn1nc(C)cc1C(=O)OCC. The van der Waals surface area contributed by atoms with Gasteiger partial charge in [-0.25, -0.2) is 4.79 Å². The van der Waals surface area contributed by atoms with Gasteiger partial charge in [0, 0.05) is 6.54 Å². The molecule has 1 aromatic heterocycles. The Kier molecular flexibility index (Phi) is 4.34. The lowest BCUT2D eigenvalue weighted by molar-refractivity contribution is 0.0511. The third kappa shape index (κ3) is 3.08. The maximum absolute atomic E-state index is 11.6. The maximum Gasteiger partial charge on any atom is 0.356 e. The molecule has 0 saturated heterocycles. The Hall–Kier alpha value is -1.32. The molecule has 0 amide bonds. The van der Waals surface area contributed by atoms with Crippen molar-refractivity contribution in [2.75, 3.05) is 6.61 Å². The molecule has 15 heavy (non-hydrogen) atoms. The molecule has 1 rings (SSSR count). The second kappa shape index (κ2) is 5.53. The first-order chi connectivity index (χ1) is 7.19. The monoisotopic (exact) mass is 210 g/mol. The fourth-order valence-electron chi connectivity index (χ4n) is 1.39. The maximum atomic E-state index is 11.6. The zero-order valence-electron chi connectivity index (χ0n) is 9.62. The first-order valence-corrected chi connectivity index (χ1v) is 5.40. The highest BCUT2D eigenvalue weighted by molar-refractivity contribution is 5.87. The van der Waals surface area contributed by atoms with Gasteiger partial charge in [-0.15, -0.1) is 0 Å². The molecule has 0 aliphatic carbocycles. The molecule has 1 aromatic rings. The highest BCUT2D eigenvalue weighted by atomic mass is 16.5. The Morgan fingerprint density at radius 2 is 2.27 bits per heavy atom. The molecule has 0 saturated carbocycles. The Balaban J connectivity index is 2.80. The number of hydrogen-bond donors (Lipinski definition) is 0. The fourth-order valence-corrected chi connectivity index (χ4v) is 1.39. The lowest BCUT2D eigenvalue weighted by Gasteiger charge is -2.05. The number of carbonyl (C=O) groups excluding carboxylic acids is 1. The summed E-state index contributed by atoms with van der Waals surface area (Å²) in [4.78, 5) is 11.6. The first kappa shape index (κ1) is 11.8. The van der Waals surface area contributed by atoms with Crippen LogP contribution in [0, 0.1) is 6.92 Å². The number of unbranched alkanes of at least 4 members (excludes halogenated alkanes) is 1. The van der Waals surface area contributed by atoms with E-state index in [1.807, 2.05) is 6.92 Å². The third-order valence-corrected chi connectivity index (χ3v) is 2.11. The molecular formula is C11H18N2O2. The lowest BCUT2D eigenvalue weighted by Crippen LogP contribution is -2.13. The van der Waals surface area contributed by atoms with Crippen LogP contribution in [-0.4, -0.2) is 22.4 Å². The third-order valence-electron chi connectivity index (χ3n) is 2.11. The molecule has 0 fully saturated rings. The molecule has 0 spiro atoms. The van der Waals surface area contributed by atoms with E-state index in [-0.39, 0.29) is 5.97 Å². The minimum Gasteiger partial charge on any atom is -0.461 e. The van der Waals surface area contributed by atoms with E-state index in [0.717, 1.165) is 25.1 Å². The average Bonchev–Trinajstić information content (AvgIpc) is 2.57. The highest BCUT2D eigenvalue weighted by Gasteiger charge is 2.14. The summed E-state index contributed by atoms with van der Waals surface area (Å²) in [6.45, 7) is 6.97. The van der Waals surface area contributed by atoms with Crippen LogP contribution in [0.1, 0.15) is 42.9 Å². The fraction of sp³-hybridized carbons (Fsp3) is 0.636. The Morgan fingerprint density at radius 3 is 2.87 bits per heavy atom. The van der Waals surface area contributed by atoms with Crippen molar-refractivity contribution in [1.29, 1.82) is 0 Å². The standard InChI is InChI=1S/C11H18N2O2/c1-4-6-7-13-10(8-9(3)12-13)11(14)15-5-2/h8H,4-7H2,1-3H3. The summed E-state index contributed by atoms with van der Waals surface area (Å²) in [6, 6.07) is 1.77. The predicted octanol–water partition coefficient (Wildman–Crippen LogP) is 2.17. The van der Waals surface area contributed by atoms with E-state index in [4.69, 9.17) is 4.74 Å². The van der Waals surface area contributed by atoms with Crippen LogP contribution >= 0.6 is 0 Å². The summed E-state index contributed by atoms with van der Waals surface area (Å²) >= 11 is 0. The van der Waals surface area contributed by atoms with E-state index in [9.17, 15) is 4.79 Å². The van der Waals surface area contributed by atoms with Gasteiger partial charge in [0.1, 0.15) is 5.69 Å². The minimum atomic E-state index is -0.283. The lowest BCUT2D eigenvalue weighted by atomic mass is 10.3. The van der Waals surface area contributed by atoms with Crippen LogP contribution in [0.4, 0.5) is 0 Å². The van der Waals surface area contributed by atoms with Gasteiger partial charge in [-0.2, -0.15) is 5.10 Å². The molecular weight excluding hydrogens is 192 g/mol. The number of aromatic nitrogens is 2. The summed E-state index contributed by atoms with van der Waals surface area (Å²) in [7, 11) is 0. The summed E-state index contributed by atoms with van der Waals surface area (Å²) in [5, 5.41) is 4.27. The zero-order chi connectivity index (χ0) is 11.3. The molecule has 0 aliphatic rings. The van der Waals surface area contributed by atoms with Crippen LogP contribution in [0.3, 0.4) is 0 Å². The molecule has 0 bridgehead atoms. The Morgan fingerprint density at radius 1 is 1.53 bits per heavy atom. The van der Waals surface area contributed by atoms with Crippen molar-refractivity contribution < 1.29 is 9.53 Å². The normalized spacial score (nSPS) is 10.3. The van der Waals surface area contributed by atoms with Crippen LogP contribution in [0.15, 0.2) is 6.07 Å². The predicted molar refractivity (Wildman–Crippen MR) is 57.8 cm³/mol. The zero-order valence-corrected chi connectivity index (χ0v) is 9.62. The van der Waals surface area contributed by atoms with Gasteiger partial charge in [-0.3, -0.25) is 4.68 Å². The van der Waals surface area contributed by atoms with Crippen molar-refractivity contribution in [1.82, 2.24) is 9.78 Å². The van der Waals surface area contributed by atoms with Crippen molar-refractivity contribution in [2.45, 2.75) is 40.2 Å². The molecule has 0 N–H and O–H groups in total. The average molecular weight is 210 g/mol. The van der Waals surface area contributed by atoms with Crippen molar-refractivity contribution in [3.8, 4) is 0 Å². The van der Waals surface area contributed by atoms with E-state index in [1.54, 1.807) is 17.7 Å². The summed E-state index contributed by atoms with van der Waals surface area (Å²) in [6.07, 6.45) is 2.11. The Bertz CT molecular complexity index is 331. The summed E-state index contributed by atoms with van der Waals surface area (Å²) < 4.78 is 6.70. The van der Waals surface area contributed by atoms with E-state index in [2.05, 4.69) is 12.0 Å². The van der Waals surface area contributed by atoms with Gasteiger partial charge in [0.05, 0.1) is 12.3 Å². The topological polar surface area (TPSA) is 44.1 Å². The number of rotatable bonds is 5. The van der Waals surface area contributed by atoms with E-state index in [0.29, 0.717) is 12.3 Å². The Labute approximate surface area is 90.2 Å². The summed E-state index contributed by atoms with van der Waals surface area (Å²) in [5.74, 6) is -0.283. The van der Waals surface area contributed by atoms with Crippen molar-refractivity contribution in [3.63, 3.8) is 0 Å². The van der Waals surface area contributed by atoms with Gasteiger partial charge in [0.25, 0.3) is 0 Å². The highest BCUT2D eigenvalue weighted by Crippen LogP contribution is 2.07. The van der Waals surface area contributed by atoms with Crippen LogP contribution in [0.25, 0.3) is 0 Å². The molecule has 4 heteroatoms. The number of ether oxygens (including phenoxy) is 1. The van der Waals surface area contributed by atoms with Gasteiger partial charge in [-0.05, 0) is 26.3 Å². The molecule has 84 valence electrons. The minimum absolute atomic E-state index is 0.283. The molecule has 0 aromatic carbocycles. The van der Waals surface area contributed by atoms with Gasteiger partial charge >= 0.3 is 5.97 Å². The van der Waals surface area contributed by atoms with Crippen LogP contribution in [-0.2, 0) is 11.3 Å². The van der Waals surface area contributed by atoms with Gasteiger partial charge in [0.2, 0.25) is 0 Å². The van der Waals surface area contributed by atoms with Crippen LogP contribution < -0.4 is 0 Å². The molecule has 0 atom stereocenters. The second-order valence-corrected chi connectivity index (χ2v) is 3.47. The first-order valence-electron chi connectivity index (χ1n) is 5.40. The van der Waals surface area contributed by atoms with E-state index < -0.39 is 0 Å². The quantitative estimate of drug-likeness (QED) is 0.699. The van der Waals surface area contributed by atoms with Crippen LogP contribution in [0.5, 0.6) is 0 Å². The number of nitrogens with zero attached hydrogens (tertiary/aromatic N) is 2. The molecule has 0 radical (unpaired) electrons.